The zero-order valence-corrected chi connectivity index (χ0v) is 14.6. The number of aromatic nitrogens is 1. The van der Waals surface area contributed by atoms with Crippen LogP contribution in [0.2, 0.25) is 0 Å². The summed E-state index contributed by atoms with van der Waals surface area (Å²) >= 11 is 0. The van der Waals surface area contributed by atoms with Gasteiger partial charge in [-0.25, -0.2) is 0 Å². The number of hydrogen-bond donors (Lipinski definition) is 1. The van der Waals surface area contributed by atoms with E-state index in [1.165, 1.54) is 0 Å². The van der Waals surface area contributed by atoms with Gasteiger partial charge in [-0.15, -0.1) is 0 Å². The van der Waals surface area contributed by atoms with Crippen molar-refractivity contribution in [1.82, 2.24) is 4.57 Å². The second-order valence-electron chi connectivity index (χ2n) is 6.51. The Morgan fingerprint density at radius 2 is 1.74 bits per heavy atom. The monoisotopic (exact) mass is 355 g/mol. The molecule has 0 unspecified atom stereocenters. The van der Waals surface area contributed by atoms with E-state index in [0.717, 1.165) is 5.69 Å². The Labute approximate surface area is 156 Å². The van der Waals surface area contributed by atoms with Gasteiger partial charge in [-0.05, 0) is 42.8 Å². The van der Waals surface area contributed by atoms with Crippen molar-refractivity contribution in [3.63, 3.8) is 0 Å². The highest BCUT2D eigenvalue weighted by molar-refractivity contribution is 6.08. The molecule has 1 aliphatic heterocycles. The lowest BCUT2D eigenvalue weighted by Crippen LogP contribution is -2.19. The zero-order valence-electron chi connectivity index (χ0n) is 14.6. The minimum atomic E-state index is -0.294. The van der Waals surface area contributed by atoms with Crippen LogP contribution in [-0.2, 0) is 11.3 Å². The maximum absolute atomic E-state index is 12.7. The molecule has 0 radical (unpaired) electrons. The first-order valence-electron chi connectivity index (χ1n) is 8.77. The van der Waals surface area contributed by atoms with Crippen molar-refractivity contribution in [2.75, 3.05) is 5.32 Å². The Morgan fingerprint density at radius 1 is 1.00 bits per heavy atom. The Bertz CT molecular complexity index is 1040. The predicted molar refractivity (Wildman–Crippen MR) is 101 cm³/mol. The summed E-state index contributed by atoms with van der Waals surface area (Å²) in [5.41, 5.74) is 3.32. The predicted octanol–water partition coefficient (Wildman–Crippen LogP) is 3.72. The van der Waals surface area contributed by atoms with Crippen LogP contribution in [0.4, 0.5) is 5.69 Å². The molecule has 3 aromatic rings. The summed E-state index contributed by atoms with van der Waals surface area (Å²) in [4.78, 5) is 25.5. The van der Waals surface area contributed by atoms with Crippen molar-refractivity contribution in [2.24, 2.45) is 0 Å². The first-order chi connectivity index (χ1) is 13.2. The van der Waals surface area contributed by atoms with Crippen molar-refractivity contribution in [3.05, 3.63) is 89.2 Å². The van der Waals surface area contributed by atoms with E-state index >= 15 is 0 Å². The molecule has 27 heavy (non-hydrogen) atoms. The molecule has 4 rings (SSSR count). The summed E-state index contributed by atoms with van der Waals surface area (Å²) in [6.45, 7) is 0.641. The number of nitrogens with one attached hydrogen (secondary N) is 1. The number of nitriles is 1. The number of anilines is 1. The quantitative estimate of drug-likeness (QED) is 0.725. The van der Waals surface area contributed by atoms with Crippen LogP contribution in [0.3, 0.4) is 0 Å². The fourth-order valence-corrected chi connectivity index (χ4v) is 3.50. The minimum Gasteiger partial charge on any atom is -0.341 e. The van der Waals surface area contributed by atoms with E-state index < -0.39 is 0 Å². The van der Waals surface area contributed by atoms with Crippen LogP contribution in [0.25, 0.3) is 0 Å². The van der Waals surface area contributed by atoms with E-state index in [-0.39, 0.29) is 17.6 Å². The van der Waals surface area contributed by atoms with Gasteiger partial charge in [-0.2, -0.15) is 5.26 Å². The maximum Gasteiger partial charge on any atom is 0.233 e. The van der Waals surface area contributed by atoms with Crippen LogP contribution in [0, 0.1) is 11.3 Å². The second kappa shape index (κ2) is 6.93. The fourth-order valence-electron chi connectivity index (χ4n) is 3.50. The highest BCUT2D eigenvalue weighted by Gasteiger charge is 2.31. The van der Waals surface area contributed by atoms with E-state index in [4.69, 9.17) is 5.26 Å². The third-order valence-corrected chi connectivity index (χ3v) is 4.88. The molecule has 5 heteroatoms. The van der Waals surface area contributed by atoms with Gasteiger partial charge >= 0.3 is 0 Å². The largest absolute Gasteiger partial charge is 0.341 e. The lowest BCUT2D eigenvalue weighted by Gasteiger charge is -2.11. The average Bonchev–Trinajstić information content (AvgIpc) is 3.31. The molecule has 5 nitrogen and oxygen atoms in total. The van der Waals surface area contributed by atoms with E-state index in [1.54, 1.807) is 42.5 Å². The normalized spacial score (nSPS) is 15.0. The molecular formula is C22H17N3O2. The van der Waals surface area contributed by atoms with Gasteiger partial charge in [0.2, 0.25) is 11.7 Å². The fraction of sp³-hybridized carbons (Fsp3) is 0.136. The average molecular weight is 355 g/mol. The summed E-state index contributed by atoms with van der Waals surface area (Å²) in [6.07, 6.45) is 0.660. The Hall–Kier alpha value is -3.65. The highest BCUT2D eigenvalue weighted by Crippen LogP contribution is 2.32. The Morgan fingerprint density at radius 3 is 2.44 bits per heavy atom. The standard InChI is InChI=1S/C22H17N3O2/c23-14-15-6-8-17(9-7-15)24-22(27)18-12-13-25-19(18)10-11-20(25)21(26)16-4-2-1-3-5-16/h1-11,18H,12-13H2,(H,24,27)/t18-/m0/s1. The molecule has 1 aromatic heterocycles. The van der Waals surface area contributed by atoms with Crippen LogP contribution in [0.1, 0.15) is 39.6 Å². The highest BCUT2D eigenvalue weighted by atomic mass is 16.2. The van der Waals surface area contributed by atoms with Crippen LogP contribution in [0.5, 0.6) is 0 Å². The smallest absolute Gasteiger partial charge is 0.233 e. The van der Waals surface area contributed by atoms with Gasteiger partial charge in [0.05, 0.1) is 23.2 Å². The van der Waals surface area contributed by atoms with E-state index in [9.17, 15) is 9.59 Å². The second-order valence-corrected chi connectivity index (χ2v) is 6.51. The molecule has 0 aliphatic carbocycles. The molecule has 2 heterocycles. The summed E-state index contributed by atoms with van der Waals surface area (Å²) in [5, 5.41) is 11.8. The SMILES string of the molecule is N#Cc1ccc(NC(=O)[C@H]2CCn3c(C(=O)c4ccccc4)ccc32)cc1. The van der Waals surface area contributed by atoms with Gasteiger partial charge in [0.1, 0.15) is 0 Å². The van der Waals surface area contributed by atoms with Crippen LogP contribution >= 0.6 is 0 Å². The zero-order chi connectivity index (χ0) is 18.8. The Balaban J connectivity index is 1.54. The molecule has 0 spiro atoms. The minimum absolute atomic E-state index is 0.0324. The summed E-state index contributed by atoms with van der Waals surface area (Å²) in [5.74, 6) is -0.428. The van der Waals surface area contributed by atoms with Crippen molar-refractivity contribution < 1.29 is 9.59 Å². The molecule has 1 aliphatic rings. The number of fused-ring (bicyclic) bond motifs is 1. The number of carbonyl (C=O) groups is 2. The summed E-state index contributed by atoms with van der Waals surface area (Å²) in [6, 6.07) is 21.7. The van der Waals surface area contributed by atoms with Gasteiger partial charge < -0.3 is 9.88 Å². The number of rotatable bonds is 4. The lowest BCUT2D eigenvalue weighted by molar-refractivity contribution is -0.117. The third-order valence-electron chi connectivity index (χ3n) is 4.88. The number of benzene rings is 2. The summed E-state index contributed by atoms with van der Waals surface area (Å²) in [7, 11) is 0. The van der Waals surface area contributed by atoms with Crippen molar-refractivity contribution >= 4 is 17.4 Å². The number of nitrogens with zero attached hydrogens (tertiary/aromatic N) is 2. The van der Waals surface area contributed by atoms with E-state index in [2.05, 4.69) is 11.4 Å². The first kappa shape index (κ1) is 16.8. The van der Waals surface area contributed by atoms with Crippen molar-refractivity contribution in [2.45, 2.75) is 18.9 Å². The number of amides is 1. The molecule has 0 fully saturated rings. The lowest BCUT2D eigenvalue weighted by atomic mass is 10.0. The van der Waals surface area contributed by atoms with Crippen LogP contribution < -0.4 is 5.32 Å². The van der Waals surface area contributed by atoms with E-state index in [0.29, 0.717) is 35.5 Å². The molecule has 1 N–H and O–H groups in total. The van der Waals surface area contributed by atoms with Crippen LogP contribution in [0.15, 0.2) is 66.7 Å². The third kappa shape index (κ3) is 3.13. The molecule has 2 aromatic carbocycles. The van der Waals surface area contributed by atoms with E-state index in [1.807, 2.05) is 28.8 Å². The van der Waals surface area contributed by atoms with Gasteiger partial charge in [-0.3, -0.25) is 9.59 Å². The molecule has 0 bridgehead atoms. The number of carbonyl (C=O) groups excluding carboxylic acids is 2. The van der Waals surface area contributed by atoms with Gasteiger partial charge in [0.15, 0.2) is 0 Å². The van der Waals surface area contributed by atoms with Crippen LogP contribution in [-0.4, -0.2) is 16.3 Å². The molecule has 1 amide bonds. The van der Waals surface area contributed by atoms with Gasteiger partial charge in [-0.1, -0.05) is 30.3 Å². The number of ketones is 1. The molecule has 1 atom stereocenters. The Kier molecular flexibility index (Phi) is 4.31. The molecule has 0 saturated heterocycles. The molecule has 132 valence electrons. The topological polar surface area (TPSA) is 74.9 Å². The van der Waals surface area contributed by atoms with Gasteiger partial charge in [0, 0.05) is 23.5 Å². The van der Waals surface area contributed by atoms with Gasteiger partial charge in [0.25, 0.3) is 0 Å². The maximum atomic E-state index is 12.7. The molecule has 0 saturated carbocycles. The number of hydrogen-bond acceptors (Lipinski definition) is 3. The van der Waals surface area contributed by atoms with Crippen molar-refractivity contribution in [1.29, 1.82) is 5.26 Å². The van der Waals surface area contributed by atoms with Crippen molar-refractivity contribution in [3.8, 4) is 6.07 Å². The summed E-state index contributed by atoms with van der Waals surface area (Å²) < 4.78 is 1.94. The molecular weight excluding hydrogens is 338 g/mol. The first-order valence-corrected chi connectivity index (χ1v) is 8.77.